The van der Waals surface area contributed by atoms with Crippen molar-refractivity contribution < 1.29 is 28.6 Å². The Bertz CT molecular complexity index is 1300. The maximum Gasteiger partial charge on any atom is 0.243 e. The van der Waals surface area contributed by atoms with Gasteiger partial charge < -0.3 is 30.2 Å². The largest absolute Gasteiger partial charge is 0.497 e. The first-order valence-corrected chi connectivity index (χ1v) is 15.5. The van der Waals surface area contributed by atoms with Crippen LogP contribution < -0.4 is 25.4 Å². The summed E-state index contributed by atoms with van der Waals surface area (Å²) in [5.41, 5.74) is 1.00. The first-order chi connectivity index (χ1) is 21.4. The predicted molar refractivity (Wildman–Crippen MR) is 168 cm³/mol. The average Bonchev–Trinajstić information content (AvgIpc) is 3.04. The van der Waals surface area contributed by atoms with Gasteiger partial charge >= 0.3 is 0 Å². The van der Waals surface area contributed by atoms with E-state index < -0.39 is 11.5 Å². The molecule has 10 heteroatoms. The Morgan fingerprint density at radius 3 is 2.45 bits per heavy atom. The SMILES string of the molecule is COc1cc(NC(=O)CN2CC[C@@H]3NC(=O)[C@H](Cc4ccccc4)NC(=O)C4(C/C=C/C[C@H]3C2)CCOCC4)cc(OC)c1. The average molecular weight is 605 g/mol. The van der Waals surface area contributed by atoms with Crippen LogP contribution in [0.3, 0.4) is 0 Å². The molecule has 3 amide bonds. The van der Waals surface area contributed by atoms with Crippen molar-refractivity contribution >= 4 is 23.4 Å². The Morgan fingerprint density at radius 2 is 1.75 bits per heavy atom. The second kappa shape index (κ2) is 14.7. The summed E-state index contributed by atoms with van der Waals surface area (Å²) in [6.07, 6.45) is 7.98. The molecular formula is C34H44N4O6. The van der Waals surface area contributed by atoms with E-state index in [1.165, 1.54) is 0 Å². The number of hydrogen-bond acceptors (Lipinski definition) is 7. The zero-order valence-corrected chi connectivity index (χ0v) is 25.7. The van der Waals surface area contributed by atoms with Gasteiger partial charge in [0.2, 0.25) is 17.7 Å². The number of nitrogens with zero attached hydrogens (tertiary/aromatic N) is 1. The molecule has 3 atom stereocenters. The van der Waals surface area contributed by atoms with Gasteiger partial charge in [-0.3, -0.25) is 19.3 Å². The number of methoxy groups -OCH3 is 2. The van der Waals surface area contributed by atoms with Gasteiger partial charge in [-0.15, -0.1) is 0 Å². The van der Waals surface area contributed by atoms with Crippen LogP contribution in [0.15, 0.2) is 60.7 Å². The normalized spacial score (nSPS) is 24.9. The summed E-state index contributed by atoms with van der Waals surface area (Å²) in [6, 6.07) is 14.3. The van der Waals surface area contributed by atoms with Gasteiger partial charge in [-0.05, 0) is 43.6 Å². The van der Waals surface area contributed by atoms with Gasteiger partial charge in [-0.25, -0.2) is 0 Å². The molecule has 3 aliphatic rings. The number of hydrogen-bond donors (Lipinski definition) is 3. The Balaban J connectivity index is 1.30. The molecule has 5 rings (SSSR count). The number of fused-ring (bicyclic) bond motifs is 1. The van der Waals surface area contributed by atoms with Crippen molar-refractivity contribution in [2.75, 3.05) is 52.4 Å². The predicted octanol–water partition coefficient (Wildman–Crippen LogP) is 3.32. The minimum Gasteiger partial charge on any atom is -0.497 e. The Morgan fingerprint density at radius 1 is 1.02 bits per heavy atom. The number of carbonyl (C=O) groups is 3. The number of nitrogens with one attached hydrogen (secondary N) is 3. The third-order valence-corrected chi connectivity index (χ3v) is 9.10. The van der Waals surface area contributed by atoms with Crippen LogP contribution in [0.2, 0.25) is 0 Å². The molecule has 10 nitrogen and oxygen atoms in total. The number of likely N-dealkylation sites (tertiary alicyclic amines) is 1. The van der Waals surface area contributed by atoms with Crippen LogP contribution in [0.1, 0.15) is 37.7 Å². The molecule has 0 bridgehead atoms. The molecule has 0 unspecified atom stereocenters. The molecule has 3 aliphatic heterocycles. The molecule has 1 spiro atoms. The van der Waals surface area contributed by atoms with Crippen molar-refractivity contribution in [2.45, 2.75) is 50.6 Å². The van der Waals surface area contributed by atoms with E-state index in [0.717, 1.165) is 12.0 Å². The standard InChI is InChI=1S/C34H44N4O6/c1-42-27-19-26(20-28(21-27)43-2)35-31(39)23-38-15-11-29-25(22-38)10-6-7-12-34(13-16-44-17-14-34)33(41)37-30(32(40)36-29)18-24-8-4-3-5-9-24/h3-9,19-21,25,29-30H,10-18,22-23H2,1-2H3,(H,35,39)(H,36,40)(H,37,41)/b7-6+/t25-,29-,30-/m0/s1. The molecule has 3 N–H and O–H groups in total. The van der Waals surface area contributed by atoms with E-state index in [-0.39, 0.29) is 36.2 Å². The van der Waals surface area contributed by atoms with Gasteiger partial charge in [0.05, 0.1) is 26.2 Å². The quantitative estimate of drug-likeness (QED) is 0.415. The highest BCUT2D eigenvalue weighted by Crippen LogP contribution is 2.36. The monoisotopic (exact) mass is 604 g/mol. The zero-order chi connectivity index (χ0) is 30.9. The lowest BCUT2D eigenvalue weighted by molar-refractivity contribution is -0.140. The molecule has 2 saturated heterocycles. The van der Waals surface area contributed by atoms with Gasteiger partial charge in [0.25, 0.3) is 0 Å². The van der Waals surface area contributed by atoms with Crippen molar-refractivity contribution in [3.05, 3.63) is 66.2 Å². The minimum absolute atomic E-state index is 0.0688. The third kappa shape index (κ3) is 7.98. The van der Waals surface area contributed by atoms with E-state index in [0.29, 0.717) is 75.6 Å². The number of rotatable bonds is 7. The van der Waals surface area contributed by atoms with Crippen LogP contribution in [0, 0.1) is 11.3 Å². The highest BCUT2D eigenvalue weighted by molar-refractivity contribution is 5.93. The van der Waals surface area contributed by atoms with E-state index in [1.807, 2.05) is 30.3 Å². The molecule has 0 aliphatic carbocycles. The smallest absolute Gasteiger partial charge is 0.243 e. The van der Waals surface area contributed by atoms with E-state index in [2.05, 4.69) is 33.0 Å². The zero-order valence-electron chi connectivity index (χ0n) is 25.7. The number of allylic oxidation sites excluding steroid dienone is 2. The van der Waals surface area contributed by atoms with Crippen molar-refractivity contribution in [1.82, 2.24) is 15.5 Å². The molecule has 2 fully saturated rings. The summed E-state index contributed by atoms with van der Waals surface area (Å²) in [7, 11) is 3.14. The van der Waals surface area contributed by atoms with E-state index in [4.69, 9.17) is 14.2 Å². The third-order valence-electron chi connectivity index (χ3n) is 9.10. The molecule has 0 radical (unpaired) electrons. The van der Waals surface area contributed by atoms with Gasteiger partial charge in [-0.2, -0.15) is 0 Å². The van der Waals surface area contributed by atoms with Crippen LogP contribution >= 0.6 is 0 Å². The maximum atomic E-state index is 13.8. The molecule has 44 heavy (non-hydrogen) atoms. The van der Waals surface area contributed by atoms with E-state index in [1.54, 1.807) is 32.4 Å². The highest BCUT2D eigenvalue weighted by atomic mass is 16.5. The van der Waals surface area contributed by atoms with Crippen LogP contribution in [0.25, 0.3) is 0 Å². The van der Waals surface area contributed by atoms with Crippen LogP contribution in [-0.2, 0) is 25.5 Å². The van der Waals surface area contributed by atoms with Crippen molar-refractivity contribution in [3.8, 4) is 11.5 Å². The lowest BCUT2D eigenvalue weighted by Crippen LogP contribution is -2.58. The van der Waals surface area contributed by atoms with Crippen molar-refractivity contribution in [2.24, 2.45) is 11.3 Å². The number of carbonyl (C=O) groups excluding carboxylic acids is 3. The molecule has 0 aromatic heterocycles. The van der Waals surface area contributed by atoms with Crippen molar-refractivity contribution in [1.29, 1.82) is 0 Å². The van der Waals surface area contributed by atoms with Crippen LogP contribution in [0.5, 0.6) is 11.5 Å². The van der Waals surface area contributed by atoms with Gasteiger partial charge in [-0.1, -0.05) is 42.5 Å². The lowest BCUT2D eigenvalue weighted by Gasteiger charge is -2.40. The number of anilines is 1. The summed E-state index contributed by atoms with van der Waals surface area (Å²) in [5.74, 6) is 0.946. The Hall–Kier alpha value is -3.89. The first-order valence-electron chi connectivity index (χ1n) is 15.5. The fraction of sp³-hybridized carbons (Fsp3) is 0.500. The van der Waals surface area contributed by atoms with E-state index in [9.17, 15) is 14.4 Å². The maximum absolute atomic E-state index is 13.8. The molecule has 2 aromatic carbocycles. The summed E-state index contributed by atoms with van der Waals surface area (Å²) >= 11 is 0. The molecule has 236 valence electrons. The minimum atomic E-state index is -0.683. The second-order valence-corrected chi connectivity index (χ2v) is 12.1. The van der Waals surface area contributed by atoms with E-state index >= 15 is 0 Å². The lowest BCUT2D eigenvalue weighted by atomic mass is 9.75. The number of ether oxygens (including phenoxy) is 3. The number of piperidine rings is 1. The topological polar surface area (TPSA) is 118 Å². The first kappa shape index (κ1) is 31.5. The van der Waals surface area contributed by atoms with Gasteiger partial charge in [0, 0.05) is 62.7 Å². The molecule has 2 aromatic rings. The van der Waals surface area contributed by atoms with Gasteiger partial charge in [0.1, 0.15) is 17.5 Å². The van der Waals surface area contributed by atoms with Crippen LogP contribution in [0.4, 0.5) is 5.69 Å². The molecule has 3 heterocycles. The number of amides is 3. The fourth-order valence-electron chi connectivity index (χ4n) is 6.48. The van der Waals surface area contributed by atoms with Crippen molar-refractivity contribution in [3.63, 3.8) is 0 Å². The second-order valence-electron chi connectivity index (χ2n) is 12.1. The number of benzene rings is 2. The van der Waals surface area contributed by atoms with Crippen LogP contribution in [-0.4, -0.2) is 81.8 Å². The summed E-state index contributed by atoms with van der Waals surface area (Å²) in [6.45, 7) is 2.62. The fourth-order valence-corrected chi connectivity index (χ4v) is 6.48. The molecule has 0 saturated carbocycles. The molecular weight excluding hydrogens is 560 g/mol. The summed E-state index contributed by atoms with van der Waals surface area (Å²) in [5, 5.41) is 9.40. The van der Waals surface area contributed by atoms with Gasteiger partial charge in [0.15, 0.2) is 0 Å². The Labute approximate surface area is 259 Å². The summed E-state index contributed by atoms with van der Waals surface area (Å²) in [4.78, 5) is 42.7. The highest BCUT2D eigenvalue weighted by Gasteiger charge is 2.41. The summed E-state index contributed by atoms with van der Waals surface area (Å²) < 4.78 is 16.3. The Kier molecular flexibility index (Phi) is 10.6.